The maximum atomic E-state index is 12.6. The number of hydrogen-bond acceptors (Lipinski definition) is 4. The summed E-state index contributed by atoms with van der Waals surface area (Å²) in [5, 5.41) is 0.470. The zero-order valence-electron chi connectivity index (χ0n) is 13.7. The molecule has 0 aromatic heterocycles. The van der Waals surface area contributed by atoms with Gasteiger partial charge in [0.15, 0.2) is 0 Å². The van der Waals surface area contributed by atoms with Crippen molar-refractivity contribution in [3.8, 4) is 0 Å². The van der Waals surface area contributed by atoms with Crippen molar-refractivity contribution in [2.24, 2.45) is 0 Å². The van der Waals surface area contributed by atoms with Crippen molar-refractivity contribution in [1.82, 2.24) is 0 Å². The topological polar surface area (TPSA) is 83.6 Å². The van der Waals surface area contributed by atoms with E-state index in [0.717, 1.165) is 11.8 Å². The molecule has 3 rings (SSSR count). The molecule has 0 bridgehead atoms. The molecule has 0 fully saturated rings. The molecule has 1 aliphatic rings. The predicted octanol–water partition coefficient (Wildman–Crippen LogP) is 2.77. The van der Waals surface area contributed by atoms with Crippen LogP contribution >= 0.6 is 11.6 Å². The van der Waals surface area contributed by atoms with Crippen molar-refractivity contribution < 1.29 is 16.8 Å². The zero-order valence-corrected chi connectivity index (χ0v) is 16.0. The van der Waals surface area contributed by atoms with E-state index in [1.54, 1.807) is 18.2 Å². The highest BCUT2D eigenvalue weighted by Gasteiger charge is 2.27. The fourth-order valence-corrected chi connectivity index (χ4v) is 4.97. The summed E-state index contributed by atoms with van der Waals surface area (Å²) in [5.41, 5.74) is 2.44. The molecule has 0 saturated heterocycles. The number of hydrogen-bond donors (Lipinski definition) is 1. The van der Waals surface area contributed by atoms with Crippen molar-refractivity contribution in [3.63, 3.8) is 0 Å². The third-order valence-corrected chi connectivity index (χ3v) is 7.00. The Hall–Kier alpha value is -1.77. The summed E-state index contributed by atoms with van der Waals surface area (Å²) in [6.45, 7) is 2.15. The Morgan fingerprint density at radius 2 is 1.80 bits per heavy atom. The molecule has 2 aromatic carbocycles. The molecule has 25 heavy (non-hydrogen) atoms. The fourth-order valence-electron chi connectivity index (χ4n) is 2.73. The molecule has 9 heteroatoms. The Morgan fingerprint density at radius 3 is 2.44 bits per heavy atom. The van der Waals surface area contributed by atoms with Crippen LogP contribution in [0.2, 0.25) is 5.02 Å². The molecule has 0 atom stereocenters. The van der Waals surface area contributed by atoms with Crippen molar-refractivity contribution in [2.45, 2.75) is 18.2 Å². The van der Waals surface area contributed by atoms with Crippen molar-refractivity contribution in [2.75, 3.05) is 21.8 Å². The largest absolute Gasteiger partial charge is 0.280 e. The standard InChI is InChI=1S/C16H17ClN2O4S2/c1-11-3-4-13(10-15(11)17)18-25(22,23)14-5-6-16-12(9-14)7-8-19(16)24(2,20)21/h3-6,9-10,18H,7-8H2,1-2H3. The van der Waals surface area contributed by atoms with Crippen molar-refractivity contribution in [3.05, 3.63) is 52.5 Å². The Balaban J connectivity index is 1.93. The van der Waals surface area contributed by atoms with Crippen LogP contribution in [-0.4, -0.2) is 29.6 Å². The molecule has 0 unspecified atom stereocenters. The molecule has 0 saturated carbocycles. The molecule has 0 spiro atoms. The molecule has 6 nitrogen and oxygen atoms in total. The van der Waals surface area contributed by atoms with Crippen LogP contribution in [0, 0.1) is 6.92 Å². The number of rotatable bonds is 4. The predicted molar refractivity (Wildman–Crippen MR) is 99.3 cm³/mol. The first-order chi connectivity index (χ1) is 11.6. The lowest BCUT2D eigenvalue weighted by Crippen LogP contribution is -2.27. The number of nitrogens with zero attached hydrogens (tertiary/aromatic N) is 1. The highest BCUT2D eigenvalue weighted by Crippen LogP contribution is 2.32. The molecule has 0 aliphatic carbocycles. The lowest BCUT2D eigenvalue weighted by atomic mass is 10.2. The molecule has 2 aromatic rings. The van der Waals surface area contributed by atoms with Crippen LogP contribution in [0.1, 0.15) is 11.1 Å². The normalized spacial score (nSPS) is 14.4. The molecule has 1 heterocycles. The maximum absolute atomic E-state index is 12.6. The van der Waals surface area contributed by atoms with Gasteiger partial charge in [0.25, 0.3) is 10.0 Å². The SMILES string of the molecule is Cc1ccc(NS(=O)(=O)c2ccc3c(c2)CCN3S(C)(=O)=O)cc1Cl. The van der Waals surface area contributed by atoms with E-state index >= 15 is 0 Å². The summed E-state index contributed by atoms with van der Waals surface area (Å²) in [6.07, 6.45) is 1.61. The van der Waals surface area contributed by atoms with E-state index in [1.807, 2.05) is 6.92 Å². The molecule has 1 N–H and O–H groups in total. The monoisotopic (exact) mass is 400 g/mol. The number of benzene rings is 2. The van der Waals surface area contributed by atoms with E-state index in [0.29, 0.717) is 34.9 Å². The highest BCUT2D eigenvalue weighted by molar-refractivity contribution is 7.92. The summed E-state index contributed by atoms with van der Waals surface area (Å²) < 4.78 is 52.5. The van der Waals surface area contributed by atoms with Crippen molar-refractivity contribution in [1.29, 1.82) is 0 Å². The number of fused-ring (bicyclic) bond motifs is 1. The van der Waals surface area contributed by atoms with Gasteiger partial charge in [-0.3, -0.25) is 9.03 Å². The third-order valence-electron chi connectivity index (χ3n) is 4.04. The lowest BCUT2D eigenvalue weighted by Gasteiger charge is -2.16. The van der Waals surface area contributed by atoms with Gasteiger partial charge in [-0.2, -0.15) is 0 Å². The van der Waals surface area contributed by atoms with Gasteiger partial charge in [-0.1, -0.05) is 17.7 Å². The second-order valence-corrected chi connectivity index (χ2v) is 9.94. The first-order valence-electron chi connectivity index (χ1n) is 7.47. The minimum absolute atomic E-state index is 0.0818. The van der Waals surface area contributed by atoms with E-state index < -0.39 is 20.0 Å². The van der Waals surface area contributed by atoms with E-state index in [-0.39, 0.29) is 4.90 Å². The second-order valence-electron chi connectivity index (χ2n) is 5.95. The van der Waals surface area contributed by atoms with Crippen LogP contribution in [0.3, 0.4) is 0 Å². The number of anilines is 2. The van der Waals surface area contributed by atoms with Crippen LogP contribution in [0.5, 0.6) is 0 Å². The van der Waals surface area contributed by atoms with Crippen LogP contribution in [0.4, 0.5) is 11.4 Å². The summed E-state index contributed by atoms with van der Waals surface area (Å²) in [5.74, 6) is 0. The van der Waals surface area contributed by atoms with Gasteiger partial charge in [0.05, 0.1) is 22.5 Å². The van der Waals surface area contributed by atoms with Gasteiger partial charge in [0, 0.05) is 11.6 Å². The van der Waals surface area contributed by atoms with Crippen LogP contribution in [0.15, 0.2) is 41.3 Å². The van der Waals surface area contributed by atoms with Crippen LogP contribution < -0.4 is 9.03 Å². The van der Waals surface area contributed by atoms with E-state index in [9.17, 15) is 16.8 Å². The second kappa shape index (κ2) is 6.19. The number of nitrogens with one attached hydrogen (secondary N) is 1. The van der Waals surface area contributed by atoms with Gasteiger partial charge in [0.1, 0.15) is 0 Å². The fraction of sp³-hybridized carbons (Fsp3) is 0.250. The number of sulfonamides is 2. The highest BCUT2D eigenvalue weighted by atomic mass is 35.5. The number of halogens is 1. The average Bonchev–Trinajstić information content (AvgIpc) is 2.94. The molecular weight excluding hydrogens is 384 g/mol. The summed E-state index contributed by atoms with van der Waals surface area (Å²) in [6, 6.07) is 9.36. The minimum atomic E-state index is -3.79. The van der Waals surface area contributed by atoms with E-state index in [1.165, 1.54) is 22.5 Å². The first kappa shape index (κ1) is 18.0. The summed E-state index contributed by atoms with van der Waals surface area (Å²) in [7, 11) is -7.16. The van der Waals surface area contributed by atoms with Gasteiger partial charge < -0.3 is 0 Å². The van der Waals surface area contributed by atoms with E-state index in [4.69, 9.17) is 11.6 Å². The van der Waals surface area contributed by atoms with Gasteiger partial charge in [-0.25, -0.2) is 16.8 Å². The Kier molecular flexibility index (Phi) is 4.47. The first-order valence-corrected chi connectivity index (χ1v) is 11.2. The van der Waals surface area contributed by atoms with E-state index in [2.05, 4.69) is 4.72 Å². The quantitative estimate of drug-likeness (QED) is 0.855. The molecule has 0 amide bonds. The van der Waals surface area contributed by atoms with Crippen molar-refractivity contribution >= 4 is 43.0 Å². The molecular formula is C16H17ClN2O4S2. The third kappa shape index (κ3) is 3.61. The average molecular weight is 401 g/mol. The summed E-state index contributed by atoms with van der Waals surface area (Å²) in [4.78, 5) is 0.0818. The Morgan fingerprint density at radius 1 is 1.08 bits per heavy atom. The number of aryl methyl sites for hydroxylation is 1. The Bertz CT molecular complexity index is 1050. The minimum Gasteiger partial charge on any atom is -0.280 e. The van der Waals surface area contributed by atoms with Crippen LogP contribution in [0.25, 0.3) is 0 Å². The summed E-state index contributed by atoms with van der Waals surface area (Å²) >= 11 is 6.03. The smallest absolute Gasteiger partial charge is 0.261 e. The molecule has 1 aliphatic heterocycles. The van der Waals surface area contributed by atoms with Crippen LogP contribution in [-0.2, 0) is 26.5 Å². The van der Waals surface area contributed by atoms with Gasteiger partial charge >= 0.3 is 0 Å². The van der Waals surface area contributed by atoms with Gasteiger partial charge in [-0.15, -0.1) is 0 Å². The lowest BCUT2D eigenvalue weighted by molar-refractivity contribution is 0.597. The molecule has 134 valence electrons. The van der Waals surface area contributed by atoms with Gasteiger partial charge in [-0.05, 0) is 54.8 Å². The van der Waals surface area contributed by atoms with Gasteiger partial charge in [0.2, 0.25) is 10.0 Å². The maximum Gasteiger partial charge on any atom is 0.261 e. The zero-order chi connectivity index (χ0) is 18.4. The molecule has 0 radical (unpaired) electrons. The Labute approximate surface area is 152 Å².